The fourth-order valence-corrected chi connectivity index (χ4v) is 5.52. The van der Waals surface area contributed by atoms with E-state index >= 15 is 0 Å². The molecule has 152 valence electrons. The Labute approximate surface area is 161 Å². The Morgan fingerprint density at radius 2 is 2.00 bits per heavy atom. The van der Waals surface area contributed by atoms with Gasteiger partial charge in [-0.1, -0.05) is 18.2 Å². The van der Waals surface area contributed by atoms with Crippen LogP contribution in [0.4, 0.5) is 0 Å². The molecule has 0 spiro atoms. The molecule has 27 heavy (non-hydrogen) atoms. The minimum atomic E-state index is -3.62. The predicted molar refractivity (Wildman–Crippen MR) is 99.8 cm³/mol. The Balaban J connectivity index is 1.79. The van der Waals surface area contributed by atoms with Crippen LogP contribution in [0.25, 0.3) is 0 Å². The Hall–Kier alpha value is -1.03. The van der Waals surface area contributed by atoms with Crippen LogP contribution in [-0.4, -0.2) is 58.2 Å². The van der Waals surface area contributed by atoms with Crippen molar-refractivity contribution in [1.82, 2.24) is 0 Å². The molecule has 0 amide bonds. The number of methoxy groups -OCH3 is 1. The SMILES string of the molecule is COCO[C@@H]1C[C@H]1CC([C@@H](N)[C@H]1COC(C)(C)O1)S(=O)(=O)c1ccccc1. The van der Waals surface area contributed by atoms with E-state index in [1.54, 1.807) is 51.3 Å². The summed E-state index contributed by atoms with van der Waals surface area (Å²) >= 11 is 0. The summed E-state index contributed by atoms with van der Waals surface area (Å²) in [5.74, 6) is -0.613. The molecule has 7 nitrogen and oxygen atoms in total. The fourth-order valence-electron chi connectivity index (χ4n) is 3.55. The van der Waals surface area contributed by atoms with Crippen molar-refractivity contribution >= 4 is 9.84 Å². The molecule has 1 aromatic carbocycles. The smallest absolute Gasteiger partial charge is 0.182 e. The summed E-state index contributed by atoms with van der Waals surface area (Å²) in [5.41, 5.74) is 6.44. The van der Waals surface area contributed by atoms with Gasteiger partial charge in [-0.15, -0.1) is 0 Å². The average molecular weight is 400 g/mol. The first kappa shape index (κ1) is 20.7. The van der Waals surface area contributed by atoms with E-state index < -0.39 is 33.0 Å². The van der Waals surface area contributed by atoms with Crippen molar-refractivity contribution < 1.29 is 27.4 Å². The molecule has 1 aliphatic carbocycles. The summed E-state index contributed by atoms with van der Waals surface area (Å²) < 4.78 is 48.6. The van der Waals surface area contributed by atoms with Crippen LogP contribution in [0.1, 0.15) is 26.7 Å². The first-order chi connectivity index (χ1) is 12.7. The minimum absolute atomic E-state index is 0.0165. The van der Waals surface area contributed by atoms with Gasteiger partial charge in [-0.25, -0.2) is 8.42 Å². The highest BCUT2D eigenvalue weighted by atomic mass is 32.2. The topological polar surface area (TPSA) is 97.1 Å². The molecule has 0 bridgehead atoms. The summed E-state index contributed by atoms with van der Waals surface area (Å²) in [6.45, 7) is 4.09. The molecule has 8 heteroatoms. The van der Waals surface area contributed by atoms with Crippen LogP contribution in [0.2, 0.25) is 0 Å². The van der Waals surface area contributed by atoms with Crippen LogP contribution < -0.4 is 5.73 Å². The number of hydrogen-bond donors (Lipinski definition) is 1. The number of ether oxygens (including phenoxy) is 4. The summed E-state index contributed by atoms with van der Waals surface area (Å²) in [5, 5.41) is -0.774. The highest BCUT2D eigenvalue weighted by Gasteiger charge is 2.48. The zero-order valence-corrected chi connectivity index (χ0v) is 16.9. The van der Waals surface area contributed by atoms with Crippen molar-refractivity contribution in [3.8, 4) is 0 Å². The van der Waals surface area contributed by atoms with Crippen LogP contribution in [-0.2, 0) is 28.8 Å². The summed E-state index contributed by atoms with van der Waals surface area (Å²) in [4.78, 5) is 0.277. The largest absolute Gasteiger partial charge is 0.359 e. The number of sulfone groups is 1. The normalized spacial score (nSPS) is 29.4. The maximum Gasteiger partial charge on any atom is 0.182 e. The van der Waals surface area contributed by atoms with Gasteiger partial charge in [-0.3, -0.25) is 0 Å². The van der Waals surface area contributed by atoms with E-state index in [4.69, 9.17) is 24.7 Å². The van der Waals surface area contributed by atoms with Crippen molar-refractivity contribution in [2.75, 3.05) is 20.5 Å². The molecule has 1 unspecified atom stereocenters. The van der Waals surface area contributed by atoms with Crippen LogP contribution in [0.3, 0.4) is 0 Å². The number of nitrogens with two attached hydrogens (primary N) is 1. The monoisotopic (exact) mass is 399 g/mol. The maximum atomic E-state index is 13.3. The highest BCUT2D eigenvalue weighted by molar-refractivity contribution is 7.92. The van der Waals surface area contributed by atoms with E-state index in [1.165, 1.54) is 0 Å². The molecule has 1 saturated carbocycles. The van der Waals surface area contributed by atoms with Gasteiger partial charge in [0.05, 0.1) is 28.9 Å². The van der Waals surface area contributed by atoms with Gasteiger partial charge < -0.3 is 24.7 Å². The quantitative estimate of drug-likeness (QED) is 0.631. The van der Waals surface area contributed by atoms with Gasteiger partial charge in [-0.2, -0.15) is 0 Å². The van der Waals surface area contributed by atoms with Crippen molar-refractivity contribution in [2.24, 2.45) is 11.7 Å². The van der Waals surface area contributed by atoms with Crippen LogP contribution in [0, 0.1) is 5.92 Å². The first-order valence-corrected chi connectivity index (χ1v) is 10.8. The van der Waals surface area contributed by atoms with Gasteiger partial charge in [0.15, 0.2) is 15.6 Å². The average Bonchev–Trinajstić information content (AvgIpc) is 3.29. The van der Waals surface area contributed by atoms with Gasteiger partial charge in [-0.05, 0) is 44.7 Å². The van der Waals surface area contributed by atoms with E-state index in [-0.39, 0.29) is 30.3 Å². The second-order valence-electron chi connectivity index (χ2n) is 7.68. The van der Waals surface area contributed by atoms with E-state index in [9.17, 15) is 8.42 Å². The van der Waals surface area contributed by atoms with Crippen molar-refractivity contribution in [1.29, 1.82) is 0 Å². The Morgan fingerprint density at radius 1 is 1.30 bits per heavy atom. The highest BCUT2D eigenvalue weighted by Crippen LogP contribution is 2.41. The summed E-state index contributed by atoms with van der Waals surface area (Å²) in [7, 11) is -2.06. The molecule has 1 aliphatic heterocycles. The fraction of sp³-hybridized carbons (Fsp3) is 0.684. The van der Waals surface area contributed by atoms with Crippen molar-refractivity contribution in [2.45, 2.75) is 60.9 Å². The second-order valence-corrected chi connectivity index (χ2v) is 9.85. The standard InChI is InChI=1S/C19H29NO6S/c1-19(2)25-11-16(26-19)18(20)17(10-13-9-15(13)24-12-23-3)27(21,22)14-7-5-4-6-8-14/h4-8,13,15-18H,9-12,20H2,1-3H3/t13-,15+,16+,17?,18-/m0/s1. The summed E-state index contributed by atoms with van der Waals surface area (Å²) in [6, 6.07) is 7.75. The molecule has 1 saturated heterocycles. The zero-order chi connectivity index (χ0) is 19.7. The molecule has 0 radical (unpaired) electrons. The lowest BCUT2D eigenvalue weighted by atomic mass is 10.0. The van der Waals surface area contributed by atoms with E-state index in [1.807, 2.05) is 0 Å². The molecule has 1 heterocycles. The summed E-state index contributed by atoms with van der Waals surface area (Å²) in [6.07, 6.45) is 0.778. The first-order valence-electron chi connectivity index (χ1n) is 9.21. The van der Waals surface area contributed by atoms with Crippen LogP contribution in [0.5, 0.6) is 0 Å². The number of hydrogen-bond acceptors (Lipinski definition) is 7. The Kier molecular flexibility index (Phi) is 6.24. The Bertz CT molecular complexity index is 723. The van der Waals surface area contributed by atoms with Gasteiger partial charge in [0.2, 0.25) is 0 Å². The lowest BCUT2D eigenvalue weighted by Gasteiger charge is -2.28. The second kappa shape index (κ2) is 8.14. The predicted octanol–water partition coefficient (Wildman–Crippen LogP) is 1.71. The lowest BCUT2D eigenvalue weighted by Crippen LogP contribution is -2.50. The number of rotatable bonds is 9. The van der Waals surface area contributed by atoms with Gasteiger partial charge >= 0.3 is 0 Å². The minimum Gasteiger partial charge on any atom is -0.359 e. The number of benzene rings is 1. The molecule has 2 fully saturated rings. The molecule has 5 atom stereocenters. The third kappa shape index (κ3) is 4.88. The molecule has 2 N–H and O–H groups in total. The zero-order valence-electron chi connectivity index (χ0n) is 16.0. The molecule has 2 aliphatic rings. The molecule has 3 rings (SSSR count). The lowest BCUT2D eigenvalue weighted by molar-refractivity contribution is -0.140. The van der Waals surface area contributed by atoms with E-state index in [0.29, 0.717) is 6.42 Å². The van der Waals surface area contributed by atoms with Crippen LogP contribution in [0.15, 0.2) is 35.2 Å². The Morgan fingerprint density at radius 3 is 2.59 bits per heavy atom. The third-order valence-corrected chi connectivity index (χ3v) is 7.39. The van der Waals surface area contributed by atoms with Crippen molar-refractivity contribution in [3.05, 3.63) is 30.3 Å². The molecule has 0 aromatic heterocycles. The molecule has 1 aromatic rings. The van der Waals surface area contributed by atoms with E-state index in [2.05, 4.69) is 0 Å². The molecular formula is C19H29NO6S. The van der Waals surface area contributed by atoms with Crippen LogP contribution >= 0.6 is 0 Å². The van der Waals surface area contributed by atoms with Gasteiger partial charge in [0.1, 0.15) is 12.9 Å². The maximum absolute atomic E-state index is 13.3. The van der Waals surface area contributed by atoms with E-state index in [0.717, 1.165) is 6.42 Å². The van der Waals surface area contributed by atoms with Crippen molar-refractivity contribution in [3.63, 3.8) is 0 Å². The van der Waals surface area contributed by atoms with Gasteiger partial charge in [0, 0.05) is 7.11 Å². The van der Waals surface area contributed by atoms with Gasteiger partial charge in [0.25, 0.3) is 0 Å². The third-order valence-electron chi connectivity index (χ3n) is 5.15. The molecular weight excluding hydrogens is 370 g/mol.